The van der Waals surface area contributed by atoms with Gasteiger partial charge in [-0.25, -0.2) is 4.79 Å². The predicted molar refractivity (Wildman–Crippen MR) is 83.6 cm³/mol. The highest BCUT2D eigenvalue weighted by molar-refractivity contribution is 6.07. The second kappa shape index (κ2) is 5.95. The molecule has 20 heavy (non-hydrogen) atoms. The average molecular weight is 271 g/mol. The highest BCUT2D eigenvalue weighted by Crippen LogP contribution is 2.29. The molecule has 0 amide bonds. The number of carbonyl (C=O) groups is 1. The Morgan fingerprint density at radius 2 is 1.85 bits per heavy atom. The summed E-state index contributed by atoms with van der Waals surface area (Å²) in [4.78, 5) is 13.5. The Kier molecular flexibility index (Phi) is 4.28. The minimum Gasteiger partial charge on any atom is -0.478 e. The standard InChI is InChI=1S/C17H21NO2/c1-4-12(2)11-18(3)16-10-9-15(17(19)20)13-7-5-6-8-14(13)16/h5-10,12H,4,11H2,1-3H3,(H,19,20). The SMILES string of the molecule is CCC(C)CN(C)c1ccc(C(=O)O)c2ccccc12. The van der Waals surface area contributed by atoms with Crippen LogP contribution in [-0.2, 0) is 0 Å². The first-order valence-corrected chi connectivity index (χ1v) is 7.00. The van der Waals surface area contributed by atoms with Gasteiger partial charge in [0.15, 0.2) is 0 Å². The molecular weight excluding hydrogens is 250 g/mol. The van der Waals surface area contributed by atoms with E-state index in [0.717, 1.165) is 29.4 Å². The van der Waals surface area contributed by atoms with Crippen molar-refractivity contribution in [3.8, 4) is 0 Å². The van der Waals surface area contributed by atoms with E-state index in [-0.39, 0.29) is 0 Å². The van der Waals surface area contributed by atoms with E-state index in [9.17, 15) is 9.90 Å². The average Bonchev–Trinajstić information content (AvgIpc) is 2.45. The number of carboxylic acid groups (broad SMARTS) is 1. The fraction of sp³-hybridized carbons (Fsp3) is 0.353. The number of rotatable bonds is 5. The van der Waals surface area contributed by atoms with Crippen molar-refractivity contribution in [1.29, 1.82) is 0 Å². The van der Waals surface area contributed by atoms with Gasteiger partial charge in [0.25, 0.3) is 0 Å². The lowest BCUT2D eigenvalue weighted by Crippen LogP contribution is -2.23. The number of fused-ring (bicyclic) bond motifs is 1. The molecule has 3 heteroatoms. The quantitative estimate of drug-likeness (QED) is 0.893. The molecule has 0 radical (unpaired) electrons. The number of aromatic carboxylic acids is 1. The molecule has 0 spiro atoms. The molecule has 1 atom stereocenters. The van der Waals surface area contributed by atoms with Gasteiger partial charge < -0.3 is 10.0 Å². The van der Waals surface area contributed by atoms with Crippen molar-refractivity contribution < 1.29 is 9.90 Å². The van der Waals surface area contributed by atoms with Crippen LogP contribution >= 0.6 is 0 Å². The minimum atomic E-state index is -0.877. The van der Waals surface area contributed by atoms with Gasteiger partial charge in [-0.15, -0.1) is 0 Å². The zero-order valence-electron chi connectivity index (χ0n) is 12.3. The highest BCUT2D eigenvalue weighted by Gasteiger charge is 2.14. The molecule has 0 aliphatic rings. The van der Waals surface area contributed by atoms with Crippen LogP contribution in [0.25, 0.3) is 10.8 Å². The molecule has 2 rings (SSSR count). The van der Waals surface area contributed by atoms with E-state index in [1.165, 1.54) is 0 Å². The predicted octanol–water partition coefficient (Wildman–Crippen LogP) is 4.02. The minimum absolute atomic E-state index is 0.362. The van der Waals surface area contributed by atoms with Crippen molar-refractivity contribution in [2.45, 2.75) is 20.3 Å². The molecule has 106 valence electrons. The Bertz CT molecular complexity index is 621. The summed E-state index contributed by atoms with van der Waals surface area (Å²) in [7, 11) is 2.06. The molecule has 3 nitrogen and oxygen atoms in total. The van der Waals surface area contributed by atoms with E-state index in [0.29, 0.717) is 11.5 Å². The smallest absolute Gasteiger partial charge is 0.336 e. The Morgan fingerprint density at radius 3 is 2.45 bits per heavy atom. The van der Waals surface area contributed by atoms with Crippen molar-refractivity contribution in [2.24, 2.45) is 5.92 Å². The number of benzene rings is 2. The van der Waals surface area contributed by atoms with Gasteiger partial charge in [-0.3, -0.25) is 0 Å². The van der Waals surface area contributed by atoms with Crippen LogP contribution in [0.3, 0.4) is 0 Å². The van der Waals surface area contributed by atoms with Gasteiger partial charge in [0.05, 0.1) is 5.56 Å². The first-order chi connectivity index (χ1) is 9.54. The van der Waals surface area contributed by atoms with Crippen molar-refractivity contribution in [3.05, 3.63) is 42.0 Å². The van der Waals surface area contributed by atoms with Gasteiger partial charge in [-0.05, 0) is 23.4 Å². The summed E-state index contributed by atoms with van der Waals surface area (Å²) in [6.45, 7) is 5.38. The van der Waals surface area contributed by atoms with Crippen LogP contribution in [0.1, 0.15) is 30.6 Å². The molecule has 0 saturated heterocycles. The molecular formula is C17H21NO2. The van der Waals surface area contributed by atoms with Gasteiger partial charge in [-0.2, -0.15) is 0 Å². The summed E-state index contributed by atoms with van der Waals surface area (Å²) in [6.07, 6.45) is 1.13. The van der Waals surface area contributed by atoms with E-state index < -0.39 is 5.97 Å². The molecule has 0 bridgehead atoms. The lowest BCUT2D eigenvalue weighted by atomic mass is 10.0. The molecule has 2 aromatic rings. The fourth-order valence-corrected chi connectivity index (χ4v) is 2.50. The number of anilines is 1. The number of carboxylic acids is 1. The van der Waals surface area contributed by atoms with Crippen molar-refractivity contribution in [1.82, 2.24) is 0 Å². The second-order valence-electron chi connectivity index (χ2n) is 5.38. The van der Waals surface area contributed by atoms with Crippen LogP contribution in [-0.4, -0.2) is 24.7 Å². The third-order valence-corrected chi connectivity index (χ3v) is 3.83. The normalized spacial score (nSPS) is 12.3. The maximum Gasteiger partial charge on any atom is 0.336 e. The van der Waals surface area contributed by atoms with E-state index in [1.807, 2.05) is 30.3 Å². The molecule has 0 aromatic heterocycles. The summed E-state index contributed by atoms with van der Waals surface area (Å²) in [6, 6.07) is 11.3. The molecule has 0 aliphatic carbocycles. The zero-order valence-corrected chi connectivity index (χ0v) is 12.3. The molecule has 2 aromatic carbocycles. The van der Waals surface area contributed by atoms with Gasteiger partial charge >= 0.3 is 5.97 Å². The summed E-state index contributed by atoms with van der Waals surface area (Å²) in [5.41, 5.74) is 1.45. The molecule has 0 saturated carbocycles. The maximum absolute atomic E-state index is 11.3. The Hall–Kier alpha value is -2.03. The van der Waals surface area contributed by atoms with Crippen LogP contribution in [0.4, 0.5) is 5.69 Å². The van der Waals surface area contributed by atoms with E-state index in [2.05, 4.69) is 25.8 Å². The molecule has 0 heterocycles. The van der Waals surface area contributed by atoms with Crippen molar-refractivity contribution in [2.75, 3.05) is 18.5 Å². The van der Waals surface area contributed by atoms with Gasteiger partial charge in [-0.1, -0.05) is 44.5 Å². The van der Waals surface area contributed by atoms with Crippen LogP contribution in [0, 0.1) is 5.92 Å². The fourth-order valence-electron chi connectivity index (χ4n) is 2.50. The number of hydrogen-bond acceptors (Lipinski definition) is 2. The van der Waals surface area contributed by atoms with Crippen molar-refractivity contribution >= 4 is 22.4 Å². The molecule has 1 N–H and O–H groups in total. The van der Waals surface area contributed by atoms with Gasteiger partial charge in [0, 0.05) is 24.7 Å². The lowest BCUT2D eigenvalue weighted by molar-refractivity contribution is 0.0699. The first kappa shape index (κ1) is 14.4. The molecule has 0 aliphatic heterocycles. The summed E-state index contributed by atoms with van der Waals surface area (Å²) < 4.78 is 0. The van der Waals surface area contributed by atoms with Crippen molar-refractivity contribution in [3.63, 3.8) is 0 Å². The Labute approximate surface area is 119 Å². The van der Waals surface area contributed by atoms with E-state index >= 15 is 0 Å². The van der Waals surface area contributed by atoms with Crippen LogP contribution < -0.4 is 4.90 Å². The number of hydrogen-bond donors (Lipinski definition) is 1. The van der Waals surface area contributed by atoms with Gasteiger partial charge in [0.2, 0.25) is 0 Å². The van der Waals surface area contributed by atoms with Crippen LogP contribution in [0.5, 0.6) is 0 Å². The first-order valence-electron chi connectivity index (χ1n) is 7.00. The van der Waals surface area contributed by atoms with E-state index in [4.69, 9.17) is 0 Å². The third kappa shape index (κ3) is 2.77. The van der Waals surface area contributed by atoms with Gasteiger partial charge in [0.1, 0.15) is 0 Å². The maximum atomic E-state index is 11.3. The topological polar surface area (TPSA) is 40.5 Å². The second-order valence-corrected chi connectivity index (χ2v) is 5.38. The Balaban J connectivity index is 2.50. The van der Waals surface area contributed by atoms with E-state index in [1.54, 1.807) is 6.07 Å². The monoisotopic (exact) mass is 271 g/mol. The summed E-state index contributed by atoms with van der Waals surface area (Å²) in [5, 5.41) is 11.1. The summed E-state index contributed by atoms with van der Waals surface area (Å²) in [5.74, 6) is -0.268. The number of nitrogens with zero attached hydrogens (tertiary/aromatic N) is 1. The molecule has 1 unspecified atom stereocenters. The molecule has 0 fully saturated rings. The third-order valence-electron chi connectivity index (χ3n) is 3.83. The zero-order chi connectivity index (χ0) is 14.7. The van der Waals surface area contributed by atoms with Crippen LogP contribution in [0.15, 0.2) is 36.4 Å². The highest BCUT2D eigenvalue weighted by atomic mass is 16.4. The van der Waals surface area contributed by atoms with Crippen LogP contribution in [0.2, 0.25) is 0 Å². The summed E-state index contributed by atoms with van der Waals surface area (Å²) >= 11 is 0. The largest absolute Gasteiger partial charge is 0.478 e. The lowest BCUT2D eigenvalue weighted by Gasteiger charge is -2.24. The Morgan fingerprint density at radius 1 is 1.20 bits per heavy atom.